The summed E-state index contributed by atoms with van der Waals surface area (Å²) < 4.78 is 2.45. The molecule has 0 spiro atoms. The molecule has 1 atom stereocenters. The Kier molecular flexibility index (Phi) is 4.16. The van der Waals surface area contributed by atoms with Crippen molar-refractivity contribution >= 4 is 0 Å². The smallest absolute Gasteiger partial charge is 0.0318 e. The highest BCUT2D eigenvalue weighted by atomic mass is 15.0. The van der Waals surface area contributed by atoms with Crippen molar-refractivity contribution in [2.75, 3.05) is 0 Å². The Morgan fingerprint density at radius 3 is 2.83 bits per heavy atom. The molecule has 0 saturated carbocycles. The van der Waals surface area contributed by atoms with Gasteiger partial charge in [-0.3, -0.25) is 0 Å². The van der Waals surface area contributed by atoms with Crippen LogP contribution in [0.1, 0.15) is 70.2 Å². The summed E-state index contributed by atoms with van der Waals surface area (Å²) in [6.45, 7) is 8.10. The normalized spacial score (nSPS) is 21.9. The number of hydrogen-bond donors (Lipinski definition) is 1. The van der Waals surface area contributed by atoms with Crippen LogP contribution in [0.4, 0.5) is 0 Å². The monoisotopic (exact) mass is 248 g/mol. The quantitative estimate of drug-likeness (QED) is 0.783. The largest absolute Gasteiger partial charge is 0.351 e. The predicted octanol–water partition coefficient (Wildman–Crippen LogP) is 4.04. The van der Waals surface area contributed by atoms with Gasteiger partial charge in [0.15, 0.2) is 0 Å². The second-order valence-corrected chi connectivity index (χ2v) is 6.62. The Morgan fingerprint density at radius 2 is 2.11 bits per heavy atom. The van der Waals surface area contributed by atoms with Crippen LogP contribution in [0.25, 0.3) is 0 Å². The van der Waals surface area contributed by atoms with Gasteiger partial charge in [0.25, 0.3) is 0 Å². The molecule has 1 aromatic rings. The summed E-state index contributed by atoms with van der Waals surface area (Å²) in [7, 11) is 0. The molecule has 0 fully saturated rings. The van der Waals surface area contributed by atoms with Crippen molar-refractivity contribution in [3.63, 3.8) is 0 Å². The van der Waals surface area contributed by atoms with E-state index in [-0.39, 0.29) is 6.04 Å². The number of hydrogen-bond acceptors (Lipinski definition) is 1. The highest BCUT2D eigenvalue weighted by Crippen LogP contribution is 2.40. The van der Waals surface area contributed by atoms with E-state index in [0.717, 1.165) is 13.0 Å². The van der Waals surface area contributed by atoms with Gasteiger partial charge in [-0.15, -0.1) is 0 Å². The van der Waals surface area contributed by atoms with Gasteiger partial charge in [0, 0.05) is 24.5 Å². The summed E-state index contributed by atoms with van der Waals surface area (Å²) in [6, 6.07) is 2.48. The first-order valence-corrected chi connectivity index (χ1v) is 7.47. The standard InChI is InChI=1S/C16H28N2/c1-4-5-6-7-9-18-10-8-13-14(17)11-16(2,3)12-15(13)18/h8,10,14H,4-7,9,11-12,17H2,1-3H3. The first-order chi connectivity index (χ1) is 8.53. The summed E-state index contributed by atoms with van der Waals surface area (Å²) >= 11 is 0. The molecule has 0 aliphatic heterocycles. The third-order valence-corrected chi connectivity index (χ3v) is 4.18. The Bertz CT molecular complexity index is 390. The molecule has 1 aromatic heterocycles. The maximum atomic E-state index is 6.30. The van der Waals surface area contributed by atoms with Gasteiger partial charge >= 0.3 is 0 Å². The number of aryl methyl sites for hydroxylation is 1. The zero-order valence-electron chi connectivity index (χ0n) is 12.2. The van der Waals surface area contributed by atoms with Crippen LogP contribution in [0.3, 0.4) is 0 Å². The molecule has 0 saturated heterocycles. The molecule has 0 aromatic carbocycles. The zero-order valence-corrected chi connectivity index (χ0v) is 12.2. The maximum Gasteiger partial charge on any atom is 0.0318 e. The Hall–Kier alpha value is -0.760. The van der Waals surface area contributed by atoms with Gasteiger partial charge < -0.3 is 10.3 Å². The molecule has 1 aliphatic rings. The van der Waals surface area contributed by atoms with E-state index in [0.29, 0.717) is 5.41 Å². The lowest BCUT2D eigenvalue weighted by Gasteiger charge is -2.34. The van der Waals surface area contributed by atoms with Crippen LogP contribution in [-0.2, 0) is 13.0 Å². The fraction of sp³-hybridized carbons (Fsp3) is 0.750. The minimum atomic E-state index is 0.237. The Balaban J connectivity index is 2.06. The topological polar surface area (TPSA) is 30.9 Å². The van der Waals surface area contributed by atoms with E-state index in [9.17, 15) is 0 Å². The molecular formula is C16H28N2. The molecule has 2 nitrogen and oxygen atoms in total. The molecular weight excluding hydrogens is 220 g/mol. The third-order valence-electron chi connectivity index (χ3n) is 4.18. The average molecular weight is 248 g/mol. The molecule has 0 radical (unpaired) electrons. The first kappa shape index (κ1) is 13.7. The lowest BCUT2D eigenvalue weighted by atomic mass is 9.74. The molecule has 1 aliphatic carbocycles. The third kappa shape index (κ3) is 2.97. The second kappa shape index (κ2) is 5.48. The van der Waals surface area contributed by atoms with Crippen molar-refractivity contribution < 1.29 is 0 Å². The summed E-state index contributed by atoms with van der Waals surface area (Å²) in [6.07, 6.45) is 9.84. The van der Waals surface area contributed by atoms with E-state index in [1.54, 1.807) is 0 Å². The average Bonchev–Trinajstić information content (AvgIpc) is 2.66. The number of unbranched alkanes of at least 4 members (excludes halogenated alkanes) is 3. The number of nitrogens with two attached hydrogens (primary N) is 1. The summed E-state index contributed by atoms with van der Waals surface area (Å²) in [5.41, 5.74) is 9.54. The van der Waals surface area contributed by atoms with Crippen molar-refractivity contribution in [3.05, 3.63) is 23.5 Å². The van der Waals surface area contributed by atoms with Gasteiger partial charge in [0.2, 0.25) is 0 Å². The van der Waals surface area contributed by atoms with Crippen LogP contribution >= 0.6 is 0 Å². The van der Waals surface area contributed by atoms with E-state index in [1.807, 2.05) is 0 Å². The molecule has 18 heavy (non-hydrogen) atoms. The van der Waals surface area contributed by atoms with Crippen molar-refractivity contribution in [2.24, 2.45) is 11.1 Å². The molecule has 0 amide bonds. The number of fused-ring (bicyclic) bond motifs is 1. The molecule has 1 heterocycles. The maximum absolute atomic E-state index is 6.30. The second-order valence-electron chi connectivity index (χ2n) is 6.62. The minimum Gasteiger partial charge on any atom is -0.351 e. The van der Waals surface area contributed by atoms with E-state index in [2.05, 4.69) is 37.6 Å². The number of aromatic nitrogens is 1. The molecule has 2 rings (SSSR count). The van der Waals surface area contributed by atoms with Crippen LogP contribution in [-0.4, -0.2) is 4.57 Å². The number of nitrogens with zero attached hydrogens (tertiary/aromatic N) is 1. The van der Waals surface area contributed by atoms with Gasteiger partial charge in [-0.25, -0.2) is 0 Å². The van der Waals surface area contributed by atoms with E-state index in [1.165, 1.54) is 43.4 Å². The van der Waals surface area contributed by atoms with Gasteiger partial charge in [-0.05, 0) is 36.3 Å². The molecule has 0 bridgehead atoms. The molecule has 102 valence electrons. The van der Waals surface area contributed by atoms with Crippen LogP contribution in [0.2, 0.25) is 0 Å². The Labute approximate surface area is 112 Å². The Morgan fingerprint density at radius 1 is 1.33 bits per heavy atom. The van der Waals surface area contributed by atoms with Crippen LogP contribution in [0.15, 0.2) is 12.3 Å². The van der Waals surface area contributed by atoms with Crippen molar-refractivity contribution in [1.29, 1.82) is 0 Å². The zero-order chi connectivity index (χ0) is 13.2. The molecule has 2 N–H and O–H groups in total. The summed E-state index contributed by atoms with van der Waals surface area (Å²) in [5.74, 6) is 0. The van der Waals surface area contributed by atoms with Crippen molar-refractivity contribution in [1.82, 2.24) is 4.57 Å². The van der Waals surface area contributed by atoms with Gasteiger partial charge in [-0.1, -0.05) is 40.0 Å². The van der Waals surface area contributed by atoms with Gasteiger partial charge in [0.05, 0.1) is 0 Å². The molecule has 1 unspecified atom stereocenters. The highest BCUT2D eigenvalue weighted by Gasteiger charge is 2.32. The summed E-state index contributed by atoms with van der Waals surface area (Å²) in [4.78, 5) is 0. The van der Waals surface area contributed by atoms with Crippen LogP contribution in [0, 0.1) is 5.41 Å². The van der Waals surface area contributed by atoms with Crippen LogP contribution in [0.5, 0.6) is 0 Å². The SMILES string of the molecule is CCCCCCn1ccc2c1CC(C)(C)CC2N. The van der Waals surface area contributed by atoms with Crippen molar-refractivity contribution in [3.8, 4) is 0 Å². The predicted molar refractivity (Wildman–Crippen MR) is 77.6 cm³/mol. The van der Waals surface area contributed by atoms with Gasteiger partial charge in [-0.2, -0.15) is 0 Å². The van der Waals surface area contributed by atoms with Crippen molar-refractivity contribution in [2.45, 2.75) is 71.9 Å². The first-order valence-electron chi connectivity index (χ1n) is 7.47. The lowest BCUT2D eigenvalue weighted by molar-refractivity contribution is 0.274. The van der Waals surface area contributed by atoms with Gasteiger partial charge in [0.1, 0.15) is 0 Å². The fourth-order valence-corrected chi connectivity index (χ4v) is 3.21. The molecule has 2 heteroatoms. The summed E-state index contributed by atoms with van der Waals surface area (Å²) in [5, 5.41) is 0. The highest BCUT2D eigenvalue weighted by molar-refractivity contribution is 5.30. The van der Waals surface area contributed by atoms with E-state index in [4.69, 9.17) is 5.73 Å². The van der Waals surface area contributed by atoms with Crippen LogP contribution < -0.4 is 5.73 Å². The fourth-order valence-electron chi connectivity index (χ4n) is 3.21. The number of rotatable bonds is 5. The lowest BCUT2D eigenvalue weighted by Crippen LogP contribution is -2.30. The minimum absolute atomic E-state index is 0.237. The van der Waals surface area contributed by atoms with E-state index < -0.39 is 0 Å². The van der Waals surface area contributed by atoms with E-state index >= 15 is 0 Å².